The average molecular weight is 500 g/mol. The Hall–Kier alpha value is -3.19. The number of amides is 1. The quantitative estimate of drug-likeness (QED) is 0.304. The van der Waals surface area contributed by atoms with Gasteiger partial charge in [0.25, 0.3) is 5.91 Å². The third-order valence-electron chi connectivity index (χ3n) is 6.08. The average Bonchev–Trinajstić information content (AvgIpc) is 2.86. The van der Waals surface area contributed by atoms with Crippen LogP contribution in [-0.4, -0.2) is 21.9 Å². The van der Waals surface area contributed by atoms with Crippen molar-refractivity contribution in [2.75, 3.05) is 0 Å². The van der Waals surface area contributed by atoms with Crippen molar-refractivity contribution in [3.8, 4) is 0 Å². The topological polar surface area (TPSA) is 54.9 Å². The van der Waals surface area contributed by atoms with Crippen LogP contribution in [0.4, 0.5) is 13.2 Å². The third-order valence-corrected chi connectivity index (χ3v) is 6.45. The second kappa shape index (κ2) is 11.0. The lowest BCUT2D eigenvalue weighted by molar-refractivity contribution is -0.137. The lowest BCUT2D eigenvalue weighted by Crippen LogP contribution is -2.36. The molecule has 8 heteroatoms. The molecule has 0 radical (unpaired) electrons. The molecule has 1 aliphatic rings. The first-order valence-corrected chi connectivity index (χ1v) is 11.9. The van der Waals surface area contributed by atoms with Gasteiger partial charge in [-0.2, -0.15) is 13.2 Å². The van der Waals surface area contributed by atoms with E-state index in [1.165, 1.54) is 11.6 Å². The standard InChI is InChI=1S/C27H25ClF3N3O/c28-25(15-18-6-9-23(10-7-18)34-26(35)21-5-2-12-32-16-21)20-4-1-3-19(13-20)14-24-11-8-22(17-33-24)27(29,30)31/h1-5,8,11-13,15-17,23,25H,6-7,9-10,14H2,(H,34,35). The molecule has 3 aromatic rings. The zero-order valence-corrected chi connectivity index (χ0v) is 19.7. The molecule has 4 nitrogen and oxygen atoms in total. The van der Waals surface area contributed by atoms with Gasteiger partial charge in [0.1, 0.15) is 0 Å². The summed E-state index contributed by atoms with van der Waals surface area (Å²) < 4.78 is 38.2. The van der Waals surface area contributed by atoms with Gasteiger partial charge >= 0.3 is 6.18 Å². The summed E-state index contributed by atoms with van der Waals surface area (Å²) in [5, 5.41) is 2.76. The van der Waals surface area contributed by atoms with Gasteiger partial charge in [-0.15, -0.1) is 11.6 Å². The van der Waals surface area contributed by atoms with Crippen molar-refractivity contribution in [2.45, 2.75) is 49.7 Å². The molecule has 0 spiro atoms. The first-order chi connectivity index (χ1) is 16.8. The molecule has 1 aliphatic carbocycles. The molecule has 182 valence electrons. The van der Waals surface area contributed by atoms with Crippen LogP contribution in [0.3, 0.4) is 0 Å². The SMILES string of the molecule is O=C(NC1CCC(=CC(Cl)c2cccc(Cc3ccc(C(F)(F)F)cn3)c2)CC1)c1cccnc1. The number of carbonyl (C=O) groups excluding carboxylic acids is 1. The molecule has 1 unspecified atom stereocenters. The van der Waals surface area contributed by atoms with Gasteiger partial charge in [-0.1, -0.05) is 35.9 Å². The Morgan fingerprint density at radius 1 is 1.11 bits per heavy atom. The summed E-state index contributed by atoms with van der Waals surface area (Å²) in [6, 6.07) is 13.8. The Morgan fingerprint density at radius 3 is 2.57 bits per heavy atom. The van der Waals surface area contributed by atoms with Crippen LogP contribution in [0.2, 0.25) is 0 Å². The zero-order chi connectivity index (χ0) is 24.8. The summed E-state index contributed by atoms with van der Waals surface area (Å²) in [6.45, 7) is 0. The highest BCUT2D eigenvalue weighted by Gasteiger charge is 2.30. The summed E-state index contributed by atoms with van der Waals surface area (Å²) in [6.07, 6.45) is 5.57. The van der Waals surface area contributed by atoms with Crippen molar-refractivity contribution in [3.05, 3.63) is 107 Å². The molecular weight excluding hydrogens is 475 g/mol. The monoisotopic (exact) mass is 499 g/mol. The van der Waals surface area contributed by atoms with Crippen LogP contribution in [0.1, 0.15) is 63.8 Å². The van der Waals surface area contributed by atoms with Gasteiger partial charge in [0.2, 0.25) is 0 Å². The van der Waals surface area contributed by atoms with Gasteiger partial charge in [0.15, 0.2) is 0 Å². The van der Waals surface area contributed by atoms with E-state index in [9.17, 15) is 18.0 Å². The molecular formula is C27H25ClF3N3O. The molecule has 1 N–H and O–H groups in total. The molecule has 2 aromatic heterocycles. The van der Waals surface area contributed by atoms with E-state index in [2.05, 4.69) is 21.4 Å². The predicted molar refractivity (Wildman–Crippen MR) is 129 cm³/mol. The molecule has 1 saturated carbocycles. The highest BCUT2D eigenvalue weighted by atomic mass is 35.5. The number of halogens is 4. The van der Waals surface area contributed by atoms with E-state index in [4.69, 9.17) is 11.6 Å². The van der Waals surface area contributed by atoms with Crippen LogP contribution < -0.4 is 5.32 Å². The number of carbonyl (C=O) groups is 1. The minimum absolute atomic E-state index is 0.106. The van der Waals surface area contributed by atoms with E-state index in [0.29, 0.717) is 17.7 Å². The number of rotatable bonds is 6. The number of hydrogen-bond donors (Lipinski definition) is 1. The Bertz CT molecular complexity index is 1170. The van der Waals surface area contributed by atoms with E-state index in [1.54, 1.807) is 24.5 Å². The van der Waals surface area contributed by atoms with Crippen molar-refractivity contribution in [1.29, 1.82) is 0 Å². The van der Waals surface area contributed by atoms with Gasteiger partial charge in [0, 0.05) is 36.7 Å². The second-order valence-electron chi connectivity index (χ2n) is 8.67. The summed E-state index contributed by atoms with van der Waals surface area (Å²) in [5.41, 5.74) is 3.48. The van der Waals surface area contributed by atoms with Crippen LogP contribution in [0.15, 0.2) is 78.8 Å². The van der Waals surface area contributed by atoms with Crippen LogP contribution in [0, 0.1) is 0 Å². The molecule has 2 heterocycles. The fourth-order valence-electron chi connectivity index (χ4n) is 4.15. The largest absolute Gasteiger partial charge is 0.417 e. The minimum atomic E-state index is -4.39. The highest BCUT2D eigenvalue weighted by molar-refractivity contribution is 6.22. The first kappa shape index (κ1) is 24.9. The van der Waals surface area contributed by atoms with Crippen molar-refractivity contribution >= 4 is 17.5 Å². The summed E-state index contributed by atoms with van der Waals surface area (Å²) in [4.78, 5) is 20.3. The lowest BCUT2D eigenvalue weighted by atomic mass is 9.89. The number of aromatic nitrogens is 2. The Labute approximate surface area is 207 Å². The first-order valence-electron chi connectivity index (χ1n) is 11.4. The molecule has 1 aromatic carbocycles. The highest BCUT2D eigenvalue weighted by Crippen LogP contribution is 2.31. The molecule has 0 bridgehead atoms. The Balaban J connectivity index is 1.33. The fraction of sp³-hybridized carbons (Fsp3) is 0.296. The number of allylic oxidation sites excluding steroid dienone is 2. The number of nitrogens with zero attached hydrogens (tertiary/aromatic N) is 2. The minimum Gasteiger partial charge on any atom is -0.349 e. The maximum Gasteiger partial charge on any atom is 0.417 e. The van der Waals surface area contributed by atoms with E-state index < -0.39 is 11.7 Å². The third kappa shape index (κ3) is 6.92. The smallest absolute Gasteiger partial charge is 0.349 e. The van der Waals surface area contributed by atoms with Crippen LogP contribution in [0.25, 0.3) is 0 Å². The second-order valence-corrected chi connectivity index (χ2v) is 9.14. The van der Waals surface area contributed by atoms with Gasteiger partial charge in [-0.3, -0.25) is 14.8 Å². The summed E-state index contributed by atoms with van der Waals surface area (Å²) in [5.74, 6) is -0.106. The van der Waals surface area contributed by atoms with Gasteiger partial charge in [0.05, 0.1) is 16.5 Å². The molecule has 1 atom stereocenters. The lowest BCUT2D eigenvalue weighted by Gasteiger charge is -2.25. The predicted octanol–water partition coefficient (Wildman–Crippen LogP) is 6.67. The number of alkyl halides is 4. The molecule has 4 rings (SSSR count). The van der Waals surface area contributed by atoms with Crippen molar-refractivity contribution in [3.63, 3.8) is 0 Å². The zero-order valence-electron chi connectivity index (χ0n) is 18.9. The van der Waals surface area contributed by atoms with Gasteiger partial charge in [-0.25, -0.2) is 0 Å². The number of hydrogen-bond acceptors (Lipinski definition) is 3. The number of benzene rings is 1. The van der Waals surface area contributed by atoms with E-state index in [-0.39, 0.29) is 17.3 Å². The Kier molecular flexibility index (Phi) is 7.86. The van der Waals surface area contributed by atoms with Crippen molar-refractivity contribution < 1.29 is 18.0 Å². The molecule has 0 aliphatic heterocycles. The summed E-state index contributed by atoms with van der Waals surface area (Å²) in [7, 11) is 0. The maximum atomic E-state index is 12.7. The van der Waals surface area contributed by atoms with Gasteiger partial charge in [-0.05, 0) is 61.1 Å². The van der Waals surface area contributed by atoms with E-state index >= 15 is 0 Å². The normalized spacial score (nSPS) is 17.0. The number of pyridine rings is 2. The molecule has 35 heavy (non-hydrogen) atoms. The maximum absolute atomic E-state index is 12.7. The Morgan fingerprint density at radius 2 is 1.91 bits per heavy atom. The van der Waals surface area contributed by atoms with Crippen molar-refractivity contribution in [2.24, 2.45) is 0 Å². The molecule has 0 saturated heterocycles. The number of nitrogens with one attached hydrogen (secondary N) is 1. The van der Waals surface area contributed by atoms with Crippen LogP contribution in [-0.2, 0) is 12.6 Å². The van der Waals surface area contributed by atoms with E-state index in [1.807, 2.05) is 24.3 Å². The van der Waals surface area contributed by atoms with Gasteiger partial charge < -0.3 is 5.32 Å². The molecule has 1 fully saturated rings. The fourth-order valence-corrected chi connectivity index (χ4v) is 4.46. The van der Waals surface area contributed by atoms with Crippen LogP contribution in [0.5, 0.6) is 0 Å². The van der Waals surface area contributed by atoms with E-state index in [0.717, 1.165) is 49.1 Å². The van der Waals surface area contributed by atoms with Crippen LogP contribution >= 0.6 is 11.6 Å². The summed E-state index contributed by atoms with van der Waals surface area (Å²) >= 11 is 6.69. The van der Waals surface area contributed by atoms with Crippen molar-refractivity contribution in [1.82, 2.24) is 15.3 Å². The molecule has 1 amide bonds.